The van der Waals surface area contributed by atoms with E-state index in [-0.39, 0.29) is 5.91 Å². The fourth-order valence-corrected chi connectivity index (χ4v) is 3.87. The highest BCUT2D eigenvalue weighted by Crippen LogP contribution is 2.25. The summed E-state index contributed by atoms with van der Waals surface area (Å²) in [6, 6.07) is 18.4. The summed E-state index contributed by atoms with van der Waals surface area (Å²) in [5, 5.41) is 0. The van der Waals surface area contributed by atoms with Gasteiger partial charge < -0.3 is 9.80 Å². The molecular weight excluding hydrogens is 316 g/mol. The number of rotatable bonds is 5. The number of carbonyl (C=O) groups excluding carboxylic acids is 1. The molecule has 24 heavy (non-hydrogen) atoms. The Labute approximate surface area is 148 Å². The lowest BCUT2D eigenvalue weighted by atomic mass is 10.1. The van der Waals surface area contributed by atoms with E-state index in [1.807, 2.05) is 29.2 Å². The molecule has 0 bridgehead atoms. The Kier molecular flexibility index (Phi) is 5.81. The van der Waals surface area contributed by atoms with Crippen LogP contribution in [0.4, 0.5) is 5.69 Å². The van der Waals surface area contributed by atoms with E-state index in [1.165, 1.54) is 5.69 Å². The van der Waals surface area contributed by atoms with Gasteiger partial charge in [-0.05, 0) is 36.4 Å². The molecule has 1 saturated heterocycles. The van der Waals surface area contributed by atoms with Crippen LogP contribution in [0.1, 0.15) is 23.7 Å². The Hall–Kier alpha value is -1.94. The lowest BCUT2D eigenvalue weighted by molar-refractivity contribution is 0.0743. The minimum absolute atomic E-state index is 0.168. The van der Waals surface area contributed by atoms with Gasteiger partial charge in [0.25, 0.3) is 5.91 Å². The van der Waals surface area contributed by atoms with Crippen molar-refractivity contribution in [3.05, 3.63) is 60.2 Å². The number of carbonyl (C=O) groups is 1. The van der Waals surface area contributed by atoms with Crippen molar-refractivity contribution in [1.29, 1.82) is 0 Å². The van der Waals surface area contributed by atoms with E-state index in [4.69, 9.17) is 0 Å². The normalized spacial score (nSPS) is 14.7. The van der Waals surface area contributed by atoms with Gasteiger partial charge in [0.1, 0.15) is 0 Å². The van der Waals surface area contributed by atoms with Crippen molar-refractivity contribution in [2.45, 2.75) is 18.2 Å². The SMILES string of the molecule is CCCSc1ccccc1C(=O)N1CCN(c2ccccc2)CC1. The van der Waals surface area contributed by atoms with Gasteiger partial charge in [-0.1, -0.05) is 37.3 Å². The molecule has 126 valence electrons. The summed E-state index contributed by atoms with van der Waals surface area (Å²) in [6.45, 7) is 5.50. The van der Waals surface area contributed by atoms with Gasteiger partial charge in [0.05, 0.1) is 5.56 Å². The molecule has 3 rings (SSSR count). The quantitative estimate of drug-likeness (QED) is 0.764. The van der Waals surface area contributed by atoms with Gasteiger partial charge in [-0.2, -0.15) is 0 Å². The molecule has 1 aliphatic heterocycles. The Morgan fingerprint density at radius 1 is 0.958 bits per heavy atom. The van der Waals surface area contributed by atoms with Crippen LogP contribution in [0.3, 0.4) is 0 Å². The van der Waals surface area contributed by atoms with Crippen molar-refractivity contribution < 1.29 is 4.79 Å². The molecule has 1 amide bonds. The highest BCUT2D eigenvalue weighted by Gasteiger charge is 2.23. The maximum atomic E-state index is 12.9. The van der Waals surface area contributed by atoms with E-state index in [0.717, 1.165) is 48.8 Å². The first-order chi connectivity index (χ1) is 11.8. The van der Waals surface area contributed by atoms with Crippen molar-refractivity contribution in [2.24, 2.45) is 0 Å². The van der Waals surface area contributed by atoms with Crippen molar-refractivity contribution in [1.82, 2.24) is 4.90 Å². The van der Waals surface area contributed by atoms with E-state index in [2.05, 4.69) is 42.2 Å². The van der Waals surface area contributed by atoms with Crippen molar-refractivity contribution in [3.63, 3.8) is 0 Å². The predicted octanol–water partition coefficient (Wildman–Crippen LogP) is 4.15. The van der Waals surface area contributed by atoms with Crippen LogP contribution < -0.4 is 4.90 Å². The number of anilines is 1. The third kappa shape index (κ3) is 3.93. The molecule has 1 heterocycles. The second kappa shape index (κ2) is 8.25. The molecule has 2 aromatic carbocycles. The highest BCUT2D eigenvalue weighted by molar-refractivity contribution is 7.99. The zero-order chi connectivity index (χ0) is 16.8. The lowest BCUT2D eigenvalue weighted by Gasteiger charge is -2.36. The smallest absolute Gasteiger partial charge is 0.255 e. The molecule has 0 aromatic heterocycles. The van der Waals surface area contributed by atoms with Crippen molar-refractivity contribution >= 4 is 23.4 Å². The third-order valence-corrected chi connectivity index (χ3v) is 5.55. The molecule has 0 N–H and O–H groups in total. The van der Waals surface area contributed by atoms with E-state index in [0.29, 0.717) is 0 Å². The summed E-state index contributed by atoms with van der Waals surface area (Å²) >= 11 is 1.78. The molecule has 0 radical (unpaired) electrons. The van der Waals surface area contributed by atoms with Gasteiger partial charge in [0.2, 0.25) is 0 Å². The number of hydrogen-bond acceptors (Lipinski definition) is 3. The van der Waals surface area contributed by atoms with Crippen LogP contribution >= 0.6 is 11.8 Å². The zero-order valence-corrected chi connectivity index (χ0v) is 15.0. The van der Waals surface area contributed by atoms with Crippen LogP contribution in [0, 0.1) is 0 Å². The maximum absolute atomic E-state index is 12.9. The third-order valence-electron chi connectivity index (χ3n) is 4.27. The van der Waals surface area contributed by atoms with E-state index in [9.17, 15) is 4.79 Å². The average molecular weight is 340 g/mol. The summed E-state index contributed by atoms with van der Waals surface area (Å²) in [4.78, 5) is 18.4. The number of thioether (sulfide) groups is 1. The number of para-hydroxylation sites is 1. The summed E-state index contributed by atoms with van der Waals surface area (Å²) in [5.41, 5.74) is 2.09. The van der Waals surface area contributed by atoms with Gasteiger partial charge in [0, 0.05) is 36.8 Å². The van der Waals surface area contributed by atoms with Crippen LogP contribution in [0.5, 0.6) is 0 Å². The Morgan fingerprint density at radius 3 is 2.33 bits per heavy atom. The van der Waals surface area contributed by atoms with E-state index >= 15 is 0 Å². The molecule has 0 atom stereocenters. The van der Waals surface area contributed by atoms with E-state index < -0.39 is 0 Å². The van der Waals surface area contributed by atoms with Crippen molar-refractivity contribution in [2.75, 3.05) is 36.8 Å². The first kappa shape index (κ1) is 16.9. The van der Waals surface area contributed by atoms with E-state index in [1.54, 1.807) is 11.8 Å². The average Bonchev–Trinajstić information content (AvgIpc) is 2.67. The Bertz CT molecular complexity index is 666. The minimum Gasteiger partial charge on any atom is -0.368 e. The van der Waals surface area contributed by atoms with Gasteiger partial charge in [-0.25, -0.2) is 0 Å². The van der Waals surface area contributed by atoms with Crippen molar-refractivity contribution in [3.8, 4) is 0 Å². The zero-order valence-electron chi connectivity index (χ0n) is 14.1. The monoisotopic (exact) mass is 340 g/mol. The molecular formula is C20H24N2OS. The molecule has 0 aliphatic carbocycles. The number of hydrogen-bond donors (Lipinski definition) is 0. The van der Waals surface area contributed by atoms with Gasteiger partial charge >= 0.3 is 0 Å². The molecule has 1 fully saturated rings. The van der Waals surface area contributed by atoms with Crippen LogP contribution in [0.15, 0.2) is 59.5 Å². The van der Waals surface area contributed by atoms with Crippen LogP contribution in [0.2, 0.25) is 0 Å². The van der Waals surface area contributed by atoms with Crippen LogP contribution in [-0.4, -0.2) is 42.7 Å². The number of piperazine rings is 1. The largest absolute Gasteiger partial charge is 0.368 e. The first-order valence-electron chi connectivity index (χ1n) is 8.60. The predicted molar refractivity (Wildman–Crippen MR) is 102 cm³/mol. The maximum Gasteiger partial charge on any atom is 0.255 e. The fraction of sp³-hybridized carbons (Fsp3) is 0.350. The summed E-state index contributed by atoms with van der Waals surface area (Å²) < 4.78 is 0. The van der Waals surface area contributed by atoms with Crippen LogP contribution in [0.25, 0.3) is 0 Å². The molecule has 0 saturated carbocycles. The number of nitrogens with zero attached hydrogens (tertiary/aromatic N) is 2. The molecule has 3 nitrogen and oxygen atoms in total. The summed E-state index contributed by atoms with van der Waals surface area (Å²) in [5.74, 6) is 1.22. The lowest BCUT2D eigenvalue weighted by Crippen LogP contribution is -2.48. The fourth-order valence-electron chi connectivity index (χ4n) is 2.96. The van der Waals surface area contributed by atoms with Gasteiger partial charge in [-0.15, -0.1) is 11.8 Å². The van der Waals surface area contributed by atoms with Gasteiger partial charge in [0.15, 0.2) is 0 Å². The first-order valence-corrected chi connectivity index (χ1v) is 9.59. The topological polar surface area (TPSA) is 23.6 Å². The highest BCUT2D eigenvalue weighted by atomic mass is 32.2. The number of benzene rings is 2. The Balaban J connectivity index is 1.65. The molecule has 1 aliphatic rings. The molecule has 2 aromatic rings. The Morgan fingerprint density at radius 2 is 1.62 bits per heavy atom. The van der Waals surface area contributed by atoms with Crippen LogP contribution in [-0.2, 0) is 0 Å². The molecule has 0 unspecified atom stereocenters. The second-order valence-electron chi connectivity index (χ2n) is 5.96. The minimum atomic E-state index is 0.168. The summed E-state index contributed by atoms with van der Waals surface area (Å²) in [6.07, 6.45) is 1.11. The van der Waals surface area contributed by atoms with Gasteiger partial charge in [-0.3, -0.25) is 4.79 Å². The molecule has 4 heteroatoms. The second-order valence-corrected chi connectivity index (χ2v) is 7.10. The summed E-state index contributed by atoms with van der Waals surface area (Å²) in [7, 11) is 0. The standard InChI is InChI=1S/C20H24N2OS/c1-2-16-24-19-11-7-6-10-18(19)20(23)22-14-12-21(13-15-22)17-8-4-3-5-9-17/h3-11H,2,12-16H2,1H3. The number of amides is 1. The molecule has 0 spiro atoms.